The number of nitrogens with zero attached hydrogens (tertiary/aromatic N) is 3. The summed E-state index contributed by atoms with van der Waals surface area (Å²) in [6.07, 6.45) is 1.84. The van der Waals surface area contributed by atoms with E-state index in [1.165, 1.54) is 10.5 Å². The molecule has 3 rings (SSSR count). The summed E-state index contributed by atoms with van der Waals surface area (Å²) in [5.41, 5.74) is 1.43. The van der Waals surface area contributed by atoms with Crippen LogP contribution in [-0.4, -0.2) is 34.8 Å². The zero-order chi connectivity index (χ0) is 16.6. The van der Waals surface area contributed by atoms with E-state index in [1.54, 1.807) is 18.7 Å². The van der Waals surface area contributed by atoms with Crippen molar-refractivity contribution >= 4 is 15.8 Å². The van der Waals surface area contributed by atoms with Gasteiger partial charge in [-0.25, -0.2) is 8.42 Å². The Hall–Kier alpha value is -1.99. The molecule has 1 atom stereocenters. The minimum absolute atomic E-state index is 0.0909. The van der Waals surface area contributed by atoms with E-state index < -0.39 is 16.1 Å². The lowest BCUT2D eigenvalue weighted by Crippen LogP contribution is -2.41. The molecule has 0 saturated carbocycles. The lowest BCUT2D eigenvalue weighted by molar-refractivity contribution is -0.121. The highest BCUT2D eigenvalue weighted by atomic mass is 32.2. The van der Waals surface area contributed by atoms with Gasteiger partial charge in [-0.15, -0.1) is 0 Å². The number of ketones is 1. The van der Waals surface area contributed by atoms with E-state index in [1.807, 2.05) is 30.3 Å². The minimum atomic E-state index is -3.69. The number of sulfonamides is 1. The fourth-order valence-electron chi connectivity index (χ4n) is 2.92. The van der Waals surface area contributed by atoms with Crippen LogP contribution in [-0.2, 0) is 21.9 Å². The molecule has 1 fully saturated rings. The van der Waals surface area contributed by atoms with Gasteiger partial charge in [-0.3, -0.25) is 9.48 Å². The van der Waals surface area contributed by atoms with Crippen LogP contribution in [0.1, 0.15) is 30.1 Å². The molecule has 2 aromatic rings. The third-order valence-electron chi connectivity index (χ3n) is 4.34. The first-order valence-corrected chi connectivity index (χ1v) is 8.92. The molecule has 7 heteroatoms. The van der Waals surface area contributed by atoms with Gasteiger partial charge in [0.15, 0.2) is 0 Å². The first-order valence-electron chi connectivity index (χ1n) is 7.48. The summed E-state index contributed by atoms with van der Waals surface area (Å²) in [6, 6.07) is 8.85. The van der Waals surface area contributed by atoms with Gasteiger partial charge in [0.1, 0.15) is 10.7 Å². The zero-order valence-corrected chi connectivity index (χ0v) is 14.0. The molecule has 6 nitrogen and oxygen atoms in total. The lowest BCUT2D eigenvalue weighted by atomic mass is 9.97. The van der Waals surface area contributed by atoms with E-state index in [9.17, 15) is 13.2 Å². The number of hydrogen-bond acceptors (Lipinski definition) is 4. The highest BCUT2D eigenvalue weighted by molar-refractivity contribution is 7.89. The number of aryl methyl sites for hydroxylation is 1. The van der Waals surface area contributed by atoms with Crippen molar-refractivity contribution in [2.75, 3.05) is 6.54 Å². The monoisotopic (exact) mass is 333 g/mol. The van der Waals surface area contributed by atoms with E-state index in [0.717, 1.165) is 5.56 Å². The number of piperidine rings is 1. The minimum Gasteiger partial charge on any atom is -0.300 e. The Bertz CT molecular complexity index is 828. The summed E-state index contributed by atoms with van der Waals surface area (Å²) in [5.74, 6) is 0.0909. The van der Waals surface area contributed by atoms with Crippen LogP contribution in [0, 0.1) is 6.92 Å². The standard InChI is InChI=1S/C16H19N3O3S/c1-12-16(11-17-18(12)2)23(21,22)19-9-8-14(20)10-15(19)13-6-4-3-5-7-13/h3-7,11,15H,8-10H2,1-2H3/t15-/m1/s1. The molecule has 1 aromatic heterocycles. The van der Waals surface area contributed by atoms with Crippen LogP contribution in [0.25, 0.3) is 0 Å². The van der Waals surface area contributed by atoms with Gasteiger partial charge in [-0.1, -0.05) is 30.3 Å². The van der Waals surface area contributed by atoms with E-state index in [4.69, 9.17) is 0 Å². The molecule has 0 aliphatic carbocycles. The number of Topliss-reactive ketones (excluding diaryl/α,β-unsaturated/α-hetero) is 1. The Labute approximate surface area is 135 Å². The average Bonchev–Trinajstić information content (AvgIpc) is 2.88. The second-order valence-electron chi connectivity index (χ2n) is 5.75. The van der Waals surface area contributed by atoms with Crippen LogP contribution in [0.5, 0.6) is 0 Å². The summed E-state index contributed by atoms with van der Waals surface area (Å²) in [6.45, 7) is 1.93. The van der Waals surface area contributed by atoms with Crippen molar-refractivity contribution in [3.63, 3.8) is 0 Å². The molecule has 122 valence electrons. The predicted octanol–water partition coefficient (Wildman–Crippen LogP) is 1.82. The second kappa shape index (κ2) is 5.90. The quantitative estimate of drug-likeness (QED) is 0.859. The maximum atomic E-state index is 13.1. The second-order valence-corrected chi connectivity index (χ2v) is 7.61. The molecule has 1 aliphatic heterocycles. The van der Waals surface area contributed by atoms with Crippen LogP contribution in [0.2, 0.25) is 0 Å². The topological polar surface area (TPSA) is 72.3 Å². The summed E-state index contributed by atoms with van der Waals surface area (Å²) < 4.78 is 29.1. The van der Waals surface area contributed by atoms with Crippen LogP contribution < -0.4 is 0 Å². The molecule has 1 aliphatic rings. The third-order valence-corrected chi connectivity index (χ3v) is 6.35. The van der Waals surface area contributed by atoms with Crippen molar-refractivity contribution < 1.29 is 13.2 Å². The van der Waals surface area contributed by atoms with Crippen molar-refractivity contribution in [3.8, 4) is 0 Å². The number of carbonyl (C=O) groups excluding carboxylic acids is 1. The Balaban J connectivity index is 2.05. The Morgan fingerprint density at radius 3 is 2.52 bits per heavy atom. The van der Waals surface area contributed by atoms with E-state index in [0.29, 0.717) is 5.69 Å². The molecule has 23 heavy (non-hydrogen) atoms. The molecule has 0 spiro atoms. The molecule has 0 unspecified atom stereocenters. The maximum Gasteiger partial charge on any atom is 0.247 e. The summed E-state index contributed by atoms with van der Waals surface area (Å²) >= 11 is 0. The van der Waals surface area contributed by atoms with Gasteiger partial charge in [-0.2, -0.15) is 9.40 Å². The van der Waals surface area contributed by atoms with Gasteiger partial charge < -0.3 is 0 Å². The average molecular weight is 333 g/mol. The molecule has 1 saturated heterocycles. The van der Waals surface area contributed by atoms with Gasteiger partial charge in [-0.05, 0) is 12.5 Å². The van der Waals surface area contributed by atoms with Gasteiger partial charge in [0.25, 0.3) is 0 Å². The van der Waals surface area contributed by atoms with Crippen LogP contribution in [0.4, 0.5) is 0 Å². The van der Waals surface area contributed by atoms with Crippen LogP contribution >= 0.6 is 0 Å². The Kier molecular flexibility index (Phi) is 4.08. The van der Waals surface area contributed by atoms with Crippen molar-refractivity contribution in [3.05, 3.63) is 47.8 Å². The van der Waals surface area contributed by atoms with Crippen molar-refractivity contribution in [2.24, 2.45) is 7.05 Å². The highest BCUT2D eigenvalue weighted by Crippen LogP contribution is 2.34. The zero-order valence-electron chi connectivity index (χ0n) is 13.1. The molecular formula is C16H19N3O3S. The SMILES string of the molecule is Cc1c(S(=O)(=O)N2CCC(=O)C[C@@H]2c2ccccc2)cnn1C. The van der Waals surface area contributed by atoms with E-state index in [-0.39, 0.29) is 30.1 Å². The third kappa shape index (κ3) is 2.82. The molecule has 0 amide bonds. The molecule has 0 bridgehead atoms. The molecule has 1 aromatic carbocycles. The summed E-state index contributed by atoms with van der Waals surface area (Å²) in [7, 11) is -1.98. The van der Waals surface area contributed by atoms with Gasteiger partial charge in [0.05, 0.1) is 17.9 Å². The lowest BCUT2D eigenvalue weighted by Gasteiger charge is -2.34. The molecule has 0 N–H and O–H groups in total. The summed E-state index contributed by atoms with van der Waals surface area (Å²) in [4.78, 5) is 12.1. The van der Waals surface area contributed by atoms with Crippen molar-refractivity contribution in [2.45, 2.75) is 30.7 Å². The predicted molar refractivity (Wildman–Crippen MR) is 85.3 cm³/mol. The summed E-state index contributed by atoms with van der Waals surface area (Å²) in [5, 5.41) is 4.03. The number of benzene rings is 1. The Morgan fingerprint density at radius 2 is 1.91 bits per heavy atom. The van der Waals surface area contributed by atoms with Crippen molar-refractivity contribution in [1.82, 2.24) is 14.1 Å². The molecule has 0 radical (unpaired) electrons. The normalized spacial score (nSPS) is 19.9. The highest BCUT2D eigenvalue weighted by Gasteiger charge is 2.38. The molecular weight excluding hydrogens is 314 g/mol. The smallest absolute Gasteiger partial charge is 0.247 e. The first kappa shape index (κ1) is 15.9. The van der Waals surface area contributed by atoms with Crippen LogP contribution in [0.3, 0.4) is 0 Å². The van der Waals surface area contributed by atoms with E-state index in [2.05, 4.69) is 5.10 Å². The van der Waals surface area contributed by atoms with Gasteiger partial charge in [0.2, 0.25) is 10.0 Å². The van der Waals surface area contributed by atoms with Gasteiger partial charge in [0, 0.05) is 26.4 Å². The van der Waals surface area contributed by atoms with Gasteiger partial charge >= 0.3 is 0 Å². The van der Waals surface area contributed by atoms with Crippen LogP contribution in [0.15, 0.2) is 41.4 Å². The maximum absolute atomic E-state index is 13.1. The largest absolute Gasteiger partial charge is 0.300 e. The number of aromatic nitrogens is 2. The number of rotatable bonds is 3. The fraction of sp³-hybridized carbons (Fsp3) is 0.375. The van der Waals surface area contributed by atoms with E-state index >= 15 is 0 Å². The van der Waals surface area contributed by atoms with Crippen molar-refractivity contribution in [1.29, 1.82) is 0 Å². The number of hydrogen-bond donors (Lipinski definition) is 0. The molecule has 2 heterocycles. The number of carbonyl (C=O) groups is 1. The fourth-order valence-corrected chi connectivity index (χ4v) is 4.72. The Morgan fingerprint density at radius 1 is 1.22 bits per heavy atom. The first-order chi connectivity index (χ1) is 10.9.